The van der Waals surface area contributed by atoms with Crippen molar-refractivity contribution in [2.75, 3.05) is 0 Å². The van der Waals surface area contributed by atoms with Crippen molar-refractivity contribution in [2.45, 2.75) is 53.4 Å². The molecule has 0 bridgehead atoms. The van der Waals surface area contributed by atoms with Gasteiger partial charge < -0.3 is 4.84 Å². The average molecular weight is 273 g/mol. The van der Waals surface area contributed by atoms with E-state index < -0.39 is 5.41 Å². The van der Waals surface area contributed by atoms with E-state index in [1.807, 2.05) is 20.8 Å². The fourth-order valence-electron chi connectivity index (χ4n) is 2.24. The van der Waals surface area contributed by atoms with Gasteiger partial charge in [0.05, 0.1) is 11.1 Å². The highest BCUT2D eigenvalue weighted by Gasteiger charge is 2.24. The predicted molar refractivity (Wildman–Crippen MR) is 80.8 cm³/mol. The first-order chi connectivity index (χ1) is 9.41. The Morgan fingerprint density at radius 3 is 2.70 bits per heavy atom. The molecule has 1 aliphatic carbocycles. The number of aryl methyl sites for hydroxylation is 2. The molecule has 3 heteroatoms. The maximum Gasteiger partial charge on any atom is 0.340 e. The Balaban J connectivity index is 2.25. The molecule has 108 valence electrons. The molecule has 0 atom stereocenters. The molecule has 1 aromatic carbocycles. The number of fused-ring (bicyclic) bond motifs is 1. The first-order valence-electron chi connectivity index (χ1n) is 7.32. The lowest BCUT2D eigenvalue weighted by atomic mass is 9.88. The molecular weight excluding hydrogens is 250 g/mol. The minimum atomic E-state index is -0.521. The summed E-state index contributed by atoms with van der Waals surface area (Å²) in [4.78, 5) is 16.9. The van der Waals surface area contributed by atoms with Gasteiger partial charge in [-0.1, -0.05) is 24.2 Å². The van der Waals surface area contributed by atoms with E-state index in [0.717, 1.165) is 37.0 Å². The van der Waals surface area contributed by atoms with Crippen LogP contribution in [0.25, 0.3) is 0 Å². The van der Waals surface area contributed by atoms with Gasteiger partial charge in [0.15, 0.2) is 0 Å². The summed E-state index contributed by atoms with van der Waals surface area (Å²) in [6.45, 7) is 7.64. The smallest absolute Gasteiger partial charge is 0.317 e. The van der Waals surface area contributed by atoms with Gasteiger partial charge >= 0.3 is 5.97 Å². The molecule has 0 heterocycles. The van der Waals surface area contributed by atoms with Crippen LogP contribution < -0.4 is 0 Å². The second kappa shape index (κ2) is 5.78. The van der Waals surface area contributed by atoms with E-state index in [9.17, 15) is 4.79 Å². The van der Waals surface area contributed by atoms with E-state index in [0.29, 0.717) is 0 Å². The zero-order chi connectivity index (χ0) is 14.8. The molecule has 3 nitrogen and oxygen atoms in total. The Morgan fingerprint density at radius 1 is 1.30 bits per heavy atom. The maximum atomic E-state index is 11.8. The lowest BCUT2D eigenvalue weighted by molar-refractivity contribution is -0.152. The van der Waals surface area contributed by atoms with Crippen LogP contribution >= 0.6 is 0 Å². The third kappa shape index (κ3) is 3.27. The SMILES string of the molecule is CCc1ccc2c(c1)/C(=N/OC(=O)C(C)(C)C)CCC2. The predicted octanol–water partition coefficient (Wildman–Crippen LogP) is 3.88. The van der Waals surface area contributed by atoms with Crippen LogP contribution in [-0.2, 0) is 22.5 Å². The monoisotopic (exact) mass is 273 g/mol. The van der Waals surface area contributed by atoms with Crippen LogP contribution in [0.1, 0.15) is 57.2 Å². The molecule has 0 fully saturated rings. The van der Waals surface area contributed by atoms with Gasteiger partial charge in [-0.15, -0.1) is 0 Å². The molecule has 0 unspecified atom stereocenters. The van der Waals surface area contributed by atoms with Crippen LogP contribution in [0.2, 0.25) is 0 Å². The lowest BCUT2D eigenvalue weighted by Crippen LogP contribution is -2.22. The van der Waals surface area contributed by atoms with Crippen LogP contribution in [-0.4, -0.2) is 11.7 Å². The molecule has 0 saturated carbocycles. The first kappa shape index (κ1) is 14.8. The fourth-order valence-corrected chi connectivity index (χ4v) is 2.24. The number of hydrogen-bond donors (Lipinski definition) is 0. The minimum absolute atomic E-state index is 0.288. The Morgan fingerprint density at radius 2 is 2.05 bits per heavy atom. The topological polar surface area (TPSA) is 38.7 Å². The van der Waals surface area contributed by atoms with Gasteiger partial charge in [-0.05, 0) is 63.6 Å². The number of benzene rings is 1. The zero-order valence-corrected chi connectivity index (χ0v) is 12.8. The standard InChI is InChI=1S/C17H23NO2/c1-5-12-9-10-13-7-6-8-15(14(13)11-12)18-20-16(19)17(2,3)4/h9-11H,5-8H2,1-4H3/b18-15+. The molecule has 20 heavy (non-hydrogen) atoms. The summed E-state index contributed by atoms with van der Waals surface area (Å²) in [6, 6.07) is 6.52. The van der Waals surface area contributed by atoms with Crippen molar-refractivity contribution in [2.24, 2.45) is 10.6 Å². The van der Waals surface area contributed by atoms with Gasteiger partial charge in [-0.3, -0.25) is 0 Å². The summed E-state index contributed by atoms with van der Waals surface area (Å²) in [6.07, 6.45) is 4.01. The molecule has 0 spiro atoms. The number of hydrogen-bond acceptors (Lipinski definition) is 3. The second-order valence-electron chi connectivity index (χ2n) is 6.37. The second-order valence-corrected chi connectivity index (χ2v) is 6.37. The van der Waals surface area contributed by atoms with E-state index in [1.165, 1.54) is 11.1 Å². The van der Waals surface area contributed by atoms with E-state index >= 15 is 0 Å². The molecule has 0 N–H and O–H groups in total. The fraction of sp³-hybridized carbons (Fsp3) is 0.529. The van der Waals surface area contributed by atoms with Crippen molar-refractivity contribution >= 4 is 11.7 Å². The summed E-state index contributed by atoms with van der Waals surface area (Å²) in [5.41, 5.74) is 4.13. The summed E-state index contributed by atoms with van der Waals surface area (Å²) >= 11 is 0. The Labute approximate surface area is 121 Å². The molecule has 1 aliphatic rings. The van der Waals surface area contributed by atoms with Crippen molar-refractivity contribution in [1.29, 1.82) is 0 Å². The highest BCUT2D eigenvalue weighted by atomic mass is 16.7. The normalized spacial score (nSPS) is 16.9. The lowest BCUT2D eigenvalue weighted by Gasteiger charge is -2.19. The third-order valence-corrected chi connectivity index (χ3v) is 3.60. The van der Waals surface area contributed by atoms with Crippen LogP contribution in [0.15, 0.2) is 23.4 Å². The van der Waals surface area contributed by atoms with Crippen molar-refractivity contribution < 1.29 is 9.63 Å². The van der Waals surface area contributed by atoms with E-state index in [1.54, 1.807) is 0 Å². The summed E-state index contributed by atoms with van der Waals surface area (Å²) in [5.74, 6) is -0.288. The summed E-state index contributed by atoms with van der Waals surface area (Å²) in [5, 5.41) is 4.13. The molecule has 0 aromatic heterocycles. The average Bonchev–Trinajstić information content (AvgIpc) is 2.43. The van der Waals surface area contributed by atoms with Crippen molar-refractivity contribution in [3.8, 4) is 0 Å². The van der Waals surface area contributed by atoms with Gasteiger partial charge in [0.2, 0.25) is 0 Å². The zero-order valence-electron chi connectivity index (χ0n) is 12.8. The van der Waals surface area contributed by atoms with Crippen LogP contribution in [0, 0.1) is 5.41 Å². The summed E-state index contributed by atoms with van der Waals surface area (Å²) in [7, 11) is 0. The van der Waals surface area contributed by atoms with Crippen LogP contribution in [0.5, 0.6) is 0 Å². The number of carbonyl (C=O) groups excluding carboxylic acids is 1. The molecule has 0 amide bonds. The quantitative estimate of drug-likeness (QED) is 0.606. The third-order valence-electron chi connectivity index (χ3n) is 3.60. The van der Waals surface area contributed by atoms with Crippen molar-refractivity contribution in [3.63, 3.8) is 0 Å². The highest BCUT2D eigenvalue weighted by Crippen LogP contribution is 2.24. The van der Waals surface area contributed by atoms with E-state index in [4.69, 9.17) is 4.84 Å². The number of oxime groups is 1. The summed E-state index contributed by atoms with van der Waals surface area (Å²) < 4.78 is 0. The Hall–Kier alpha value is -1.64. The van der Waals surface area contributed by atoms with E-state index in [2.05, 4.69) is 30.3 Å². The van der Waals surface area contributed by atoms with Crippen LogP contribution in [0.3, 0.4) is 0 Å². The van der Waals surface area contributed by atoms with Crippen LogP contribution in [0.4, 0.5) is 0 Å². The van der Waals surface area contributed by atoms with Gasteiger partial charge in [0.25, 0.3) is 0 Å². The molecule has 0 radical (unpaired) electrons. The van der Waals surface area contributed by atoms with Gasteiger partial charge in [-0.25, -0.2) is 4.79 Å². The van der Waals surface area contributed by atoms with E-state index in [-0.39, 0.29) is 5.97 Å². The van der Waals surface area contributed by atoms with Gasteiger partial charge in [0.1, 0.15) is 0 Å². The maximum absolute atomic E-state index is 11.8. The minimum Gasteiger partial charge on any atom is -0.317 e. The Bertz CT molecular complexity index is 538. The van der Waals surface area contributed by atoms with Gasteiger partial charge in [-0.2, -0.15) is 0 Å². The number of nitrogens with zero attached hydrogens (tertiary/aromatic N) is 1. The first-order valence-corrected chi connectivity index (χ1v) is 7.32. The highest BCUT2D eigenvalue weighted by molar-refractivity contribution is 6.02. The van der Waals surface area contributed by atoms with Crippen molar-refractivity contribution in [1.82, 2.24) is 0 Å². The molecule has 1 aromatic rings. The Kier molecular flexibility index (Phi) is 4.26. The number of carbonyl (C=O) groups is 1. The van der Waals surface area contributed by atoms with Gasteiger partial charge in [0, 0.05) is 5.56 Å². The van der Waals surface area contributed by atoms with Crippen molar-refractivity contribution in [3.05, 3.63) is 34.9 Å². The molecular formula is C17H23NO2. The molecule has 0 saturated heterocycles. The largest absolute Gasteiger partial charge is 0.340 e. The molecule has 0 aliphatic heterocycles. The molecule has 2 rings (SSSR count). The number of rotatable bonds is 2.